The van der Waals surface area contributed by atoms with Crippen molar-refractivity contribution in [1.82, 2.24) is 5.32 Å². The Morgan fingerprint density at radius 2 is 1.95 bits per heavy atom. The molecule has 0 amide bonds. The third-order valence-corrected chi connectivity index (χ3v) is 3.59. The predicted octanol–water partition coefficient (Wildman–Crippen LogP) is 3.45. The molecule has 2 N–H and O–H groups in total. The smallest absolute Gasteiger partial charge is 0.126 e. The molecule has 0 fully saturated rings. The average molecular weight is 338 g/mol. The molecular formula is C16H17BrFNO. The molecule has 4 heteroatoms. The molecule has 2 aromatic carbocycles. The van der Waals surface area contributed by atoms with Crippen LogP contribution in [0, 0.1) is 5.82 Å². The van der Waals surface area contributed by atoms with Gasteiger partial charge in [-0.05, 0) is 42.3 Å². The van der Waals surface area contributed by atoms with Crippen LogP contribution in [-0.2, 0) is 6.42 Å². The Morgan fingerprint density at radius 3 is 2.70 bits per heavy atom. The van der Waals surface area contributed by atoms with Gasteiger partial charge in [0.1, 0.15) is 5.82 Å². The summed E-state index contributed by atoms with van der Waals surface area (Å²) in [5.41, 5.74) is 1.55. The van der Waals surface area contributed by atoms with Gasteiger partial charge in [0.2, 0.25) is 0 Å². The van der Waals surface area contributed by atoms with Crippen molar-refractivity contribution in [3.63, 3.8) is 0 Å². The summed E-state index contributed by atoms with van der Waals surface area (Å²) in [6.45, 7) is 1.08. The number of aliphatic hydroxyl groups is 1. The molecule has 0 heterocycles. The second kappa shape index (κ2) is 7.53. The van der Waals surface area contributed by atoms with Gasteiger partial charge < -0.3 is 10.4 Å². The van der Waals surface area contributed by atoms with Crippen LogP contribution in [0.1, 0.15) is 17.2 Å². The van der Waals surface area contributed by atoms with E-state index >= 15 is 0 Å². The zero-order valence-electron chi connectivity index (χ0n) is 11.0. The van der Waals surface area contributed by atoms with Gasteiger partial charge in [0, 0.05) is 11.0 Å². The van der Waals surface area contributed by atoms with Gasteiger partial charge in [-0.3, -0.25) is 0 Å². The van der Waals surface area contributed by atoms with E-state index in [0.717, 1.165) is 10.0 Å². The van der Waals surface area contributed by atoms with Gasteiger partial charge in [0.25, 0.3) is 0 Å². The van der Waals surface area contributed by atoms with Crippen LogP contribution in [-0.4, -0.2) is 18.2 Å². The highest BCUT2D eigenvalue weighted by atomic mass is 79.9. The first-order valence-corrected chi connectivity index (χ1v) is 7.34. The summed E-state index contributed by atoms with van der Waals surface area (Å²) in [5.74, 6) is -0.179. The number of hydrogen-bond acceptors (Lipinski definition) is 2. The molecule has 0 aliphatic carbocycles. The van der Waals surface area contributed by atoms with Crippen molar-refractivity contribution in [2.45, 2.75) is 12.5 Å². The summed E-state index contributed by atoms with van der Waals surface area (Å²) in [5, 5.41) is 13.2. The standard InChI is InChI=1S/C16H17BrFNO/c17-14-6-3-5-13(10-14)16(20)11-19-9-8-12-4-1-2-7-15(12)18/h1-7,10,16,19-20H,8-9,11H2. The number of hydrogen-bond donors (Lipinski definition) is 2. The van der Waals surface area contributed by atoms with Crippen LogP contribution in [0.2, 0.25) is 0 Å². The molecule has 0 aliphatic heterocycles. The molecule has 2 aromatic rings. The SMILES string of the molecule is OC(CNCCc1ccccc1F)c1cccc(Br)c1. The van der Waals surface area contributed by atoms with E-state index < -0.39 is 6.10 Å². The number of nitrogens with one attached hydrogen (secondary N) is 1. The van der Waals surface area contributed by atoms with Crippen molar-refractivity contribution >= 4 is 15.9 Å². The van der Waals surface area contributed by atoms with Crippen molar-refractivity contribution in [3.8, 4) is 0 Å². The third-order valence-electron chi connectivity index (χ3n) is 3.10. The van der Waals surface area contributed by atoms with Gasteiger partial charge in [-0.15, -0.1) is 0 Å². The first-order chi connectivity index (χ1) is 9.66. The maximum Gasteiger partial charge on any atom is 0.126 e. The lowest BCUT2D eigenvalue weighted by Crippen LogP contribution is -2.24. The average Bonchev–Trinajstić information content (AvgIpc) is 2.45. The zero-order valence-corrected chi connectivity index (χ0v) is 12.6. The molecule has 1 atom stereocenters. The fourth-order valence-corrected chi connectivity index (χ4v) is 2.41. The summed E-state index contributed by atoms with van der Waals surface area (Å²) in [6.07, 6.45) is 0.0471. The van der Waals surface area contributed by atoms with Crippen LogP contribution < -0.4 is 5.32 Å². The molecule has 0 saturated heterocycles. The van der Waals surface area contributed by atoms with Crippen LogP contribution in [0.4, 0.5) is 4.39 Å². The lowest BCUT2D eigenvalue weighted by molar-refractivity contribution is 0.175. The largest absolute Gasteiger partial charge is 0.387 e. The van der Waals surface area contributed by atoms with Crippen molar-refractivity contribution in [3.05, 3.63) is 69.9 Å². The van der Waals surface area contributed by atoms with Crippen LogP contribution in [0.5, 0.6) is 0 Å². The van der Waals surface area contributed by atoms with E-state index in [2.05, 4.69) is 21.2 Å². The van der Waals surface area contributed by atoms with E-state index in [0.29, 0.717) is 25.1 Å². The number of aliphatic hydroxyl groups excluding tert-OH is 1. The molecule has 0 aromatic heterocycles. The Kier molecular flexibility index (Phi) is 5.71. The van der Waals surface area contributed by atoms with Gasteiger partial charge in [-0.25, -0.2) is 4.39 Å². The lowest BCUT2D eigenvalue weighted by Gasteiger charge is -2.12. The molecule has 2 nitrogen and oxygen atoms in total. The van der Waals surface area contributed by atoms with Crippen LogP contribution >= 0.6 is 15.9 Å². The van der Waals surface area contributed by atoms with Crippen LogP contribution in [0.3, 0.4) is 0 Å². The molecule has 0 saturated carbocycles. The fraction of sp³-hybridized carbons (Fsp3) is 0.250. The maximum absolute atomic E-state index is 13.4. The van der Waals surface area contributed by atoms with E-state index in [1.54, 1.807) is 12.1 Å². The van der Waals surface area contributed by atoms with Crippen LogP contribution in [0.25, 0.3) is 0 Å². The summed E-state index contributed by atoms with van der Waals surface area (Å²) in [7, 11) is 0. The first-order valence-electron chi connectivity index (χ1n) is 6.54. The highest BCUT2D eigenvalue weighted by Gasteiger charge is 2.07. The highest BCUT2D eigenvalue weighted by molar-refractivity contribution is 9.10. The summed E-state index contributed by atoms with van der Waals surface area (Å²) >= 11 is 3.38. The minimum atomic E-state index is -0.562. The predicted molar refractivity (Wildman–Crippen MR) is 82.1 cm³/mol. The second-order valence-electron chi connectivity index (χ2n) is 4.62. The van der Waals surface area contributed by atoms with Crippen molar-refractivity contribution in [2.75, 3.05) is 13.1 Å². The maximum atomic E-state index is 13.4. The molecule has 0 spiro atoms. The molecule has 20 heavy (non-hydrogen) atoms. The minimum absolute atomic E-state index is 0.179. The first kappa shape index (κ1) is 15.2. The Bertz CT molecular complexity index is 562. The fourth-order valence-electron chi connectivity index (χ4n) is 1.99. The van der Waals surface area contributed by atoms with Crippen molar-refractivity contribution in [1.29, 1.82) is 0 Å². The molecule has 1 unspecified atom stereocenters. The van der Waals surface area contributed by atoms with Gasteiger partial charge in [0.05, 0.1) is 6.10 Å². The summed E-state index contributed by atoms with van der Waals surface area (Å²) < 4.78 is 14.3. The lowest BCUT2D eigenvalue weighted by atomic mass is 10.1. The number of benzene rings is 2. The number of rotatable bonds is 6. The number of halogens is 2. The van der Waals surface area contributed by atoms with E-state index in [1.807, 2.05) is 30.3 Å². The summed E-state index contributed by atoms with van der Waals surface area (Å²) in [6, 6.07) is 14.3. The topological polar surface area (TPSA) is 32.3 Å². The van der Waals surface area contributed by atoms with Gasteiger partial charge >= 0.3 is 0 Å². The Morgan fingerprint density at radius 1 is 1.15 bits per heavy atom. The summed E-state index contributed by atoms with van der Waals surface area (Å²) in [4.78, 5) is 0. The quantitative estimate of drug-likeness (QED) is 0.791. The molecule has 0 bridgehead atoms. The van der Waals surface area contributed by atoms with E-state index in [9.17, 15) is 9.50 Å². The zero-order chi connectivity index (χ0) is 14.4. The second-order valence-corrected chi connectivity index (χ2v) is 5.53. The van der Waals surface area contributed by atoms with Gasteiger partial charge in [0.15, 0.2) is 0 Å². The van der Waals surface area contributed by atoms with Crippen molar-refractivity contribution < 1.29 is 9.50 Å². The Balaban J connectivity index is 1.77. The molecular weight excluding hydrogens is 321 g/mol. The van der Waals surface area contributed by atoms with E-state index in [1.165, 1.54) is 6.07 Å². The normalized spacial score (nSPS) is 12.3. The molecule has 2 rings (SSSR count). The monoisotopic (exact) mass is 337 g/mol. The van der Waals surface area contributed by atoms with Gasteiger partial charge in [-0.2, -0.15) is 0 Å². The molecule has 0 aliphatic rings. The minimum Gasteiger partial charge on any atom is -0.387 e. The highest BCUT2D eigenvalue weighted by Crippen LogP contribution is 2.17. The Labute approximate surface area is 126 Å². The van der Waals surface area contributed by atoms with Gasteiger partial charge in [-0.1, -0.05) is 46.3 Å². The van der Waals surface area contributed by atoms with E-state index in [4.69, 9.17) is 0 Å². The Hall–Kier alpha value is -1.23. The van der Waals surface area contributed by atoms with Crippen molar-refractivity contribution in [2.24, 2.45) is 0 Å². The van der Waals surface area contributed by atoms with Crippen LogP contribution in [0.15, 0.2) is 53.0 Å². The molecule has 106 valence electrons. The van der Waals surface area contributed by atoms with E-state index in [-0.39, 0.29) is 5.82 Å². The molecule has 0 radical (unpaired) electrons. The third kappa shape index (κ3) is 4.40.